The summed E-state index contributed by atoms with van der Waals surface area (Å²) in [5.74, 6) is 0. The number of nitrogens with zero attached hydrogens (tertiary/aromatic N) is 1. The van der Waals surface area contributed by atoms with Crippen molar-refractivity contribution in [3.63, 3.8) is 0 Å². The van der Waals surface area contributed by atoms with E-state index >= 15 is 0 Å². The third-order valence-corrected chi connectivity index (χ3v) is 2.80. The maximum absolute atomic E-state index is 12.0. The van der Waals surface area contributed by atoms with E-state index in [2.05, 4.69) is 4.98 Å². The summed E-state index contributed by atoms with van der Waals surface area (Å²) in [6.07, 6.45) is 0.795. The van der Waals surface area contributed by atoms with E-state index in [-0.39, 0.29) is 11.2 Å². The lowest BCUT2D eigenvalue weighted by atomic mass is 10.1. The van der Waals surface area contributed by atoms with Crippen molar-refractivity contribution in [2.45, 2.75) is 26.8 Å². The number of aromatic nitrogens is 2. The number of rotatable bonds is 2. The fourth-order valence-electron chi connectivity index (χ4n) is 1.92. The van der Waals surface area contributed by atoms with Gasteiger partial charge in [-0.3, -0.25) is 9.36 Å². The first kappa shape index (κ1) is 10.7. The molecule has 1 aromatic heterocycles. The monoisotopic (exact) mass is 218 g/mol. The molecule has 0 saturated carbocycles. The molecule has 0 spiro atoms. The van der Waals surface area contributed by atoms with Gasteiger partial charge in [-0.1, -0.05) is 19.1 Å². The van der Waals surface area contributed by atoms with Crippen LogP contribution >= 0.6 is 0 Å². The van der Waals surface area contributed by atoms with Crippen molar-refractivity contribution in [3.05, 3.63) is 44.6 Å². The molecule has 2 rings (SSSR count). The molecule has 0 amide bonds. The molecule has 16 heavy (non-hydrogen) atoms. The van der Waals surface area contributed by atoms with Crippen LogP contribution in [0.4, 0.5) is 0 Å². The smallest absolute Gasteiger partial charge is 0.306 e. The predicted octanol–water partition coefficient (Wildman–Crippen LogP) is 1.27. The molecule has 0 bridgehead atoms. The van der Waals surface area contributed by atoms with Gasteiger partial charge in [0.1, 0.15) is 0 Å². The van der Waals surface area contributed by atoms with Crippen LogP contribution in [0, 0.1) is 0 Å². The van der Waals surface area contributed by atoms with E-state index in [1.165, 1.54) is 4.57 Å². The number of fused-ring (bicyclic) bond motifs is 1. The van der Waals surface area contributed by atoms with Crippen LogP contribution < -0.4 is 11.2 Å². The van der Waals surface area contributed by atoms with E-state index in [0.717, 1.165) is 12.0 Å². The summed E-state index contributed by atoms with van der Waals surface area (Å²) >= 11 is 0. The summed E-state index contributed by atoms with van der Waals surface area (Å²) in [5.41, 5.74) is 1.12. The van der Waals surface area contributed by atoms with Gasteiger partial charge in [-0.15, -0.1) is 0 Å². The van der Waals surface area contributed by atoms with Gasteiger partial charge < -0.3 is 4.98 Å². The predicted molar refractivity (Wildman–Crippen MR) is 63.9 cm³/mol. The zero-order valence-electron chi connectivity index (χ0n) is 9.41. The number of hydrogen-bond acceptors (Lipinski definition) is 2. The molecule has 4 heteroatoms. The van der Waals surface area contributed by atoms with Crippen LogP contribution in [0.5, 0.6) is 0 Å². The number of hydrogen-bond donors (Lipinski definition) is 1. The van der Waals surface area contributed by atoms with Gasteiger partial charge in [-0.25, -0.2) is 4.79 Å². The van der Waals surface area contributed by atoms with Gasteiger partial charge in [0.25, 0.3) is 5.56 Å². The maximum atomic E-state index is 12.0. The van der Waals surface area contributed by atoms with Gasteiger partial charge in [0, 0.05) is 6.54 Å². The summed E-state index contributed by atoms with van der Waals surface area (Å²) in [6.45, 7) is 4.17. The molecule has 0 aliphatic carbocycles. The minimum atomic E-state index is -0.332. The van der Waals surface area contributed by atoms with Gasteiger partial charge in [-0.05, 0) is 25.0 Å². The molecule has 0 fully saturated rings. The quantitative estimate of drug-likeness (QED) is 0.825. The maximum Gasteiger partial charge on any atom is 0.328 e. The topological polar surface area (TPSA) is 54.9 Å². The van der Waals surface area contributed by atoms with Crippen molar-refractivity contribution in [2.75, 3.05) is 0 Å². The van der Waals surface area contributed by atoms with Crippen LogP contribution in [-0.2, 0) is 13.0 Å². The normalized spacial score (nSPS) is 10.9. The highest BCUT2D eigenvalue weighted by Gasteiger charge is 2.07. The Hall–Kier alpha value is -1.84. The average Bonchev–Trinajstić information content (AvgIpc) is 2.29. The van der Waals surface area contributed by atoms with Crippen molar-refractivity contribution in [1.82, 2.24) is 9.55 Å². The number of benzene rings is 1. The summed E-state index contributed by atoms with van der Waals surface area (Å²) in [7, 11) is 0. The molecule has 1 heterocycles. The fraction of sp³-hybridized carbons (Fsp3) is 0.333. The molecule has 0 saturated heterocycles. The largest absolute Gasteiger partial charge is 0.328 e. The number of H-pyrrole nitrogens is 1. The van der Waals surface area contributed by atoms with Crippen LogP contribution in [0.3, 0.4) is 0 Å². The van der Waals surface area contributed by atoms with Crippen molar-refractivity contribution < 1.29 is 0 Å². The zero-order valence-corrected chi connectivity index (χ0v) is 9.41. The van der Waals surface area contributed by atoms with Crippen LogP contribution in [-0.4, -0.2) is 9.55 Å². The fourth-order valence-corrected chi connectivity index (χ4v) is 1.92. The molecule has 0 radical (unpaired) electrons. The first-order chi connectivity index (χ1) is 7.69. The Bertz CT molecular complexity index is 637. The van der Waals surface area contributed by atoms with Crippen molar-refractivity contribution in [3.8, 4) is 0 Å². The van der Waals surface area contributed by atoms with E-state index < -0.39 is 0 Å². The highest BCUT2D eigenvalue weighted by Crippen LogP contribution is 2.12. The molecule has 1 N–H and O–H groups in total. The molecule has 1 aromatic carbocycles. The van der Waals surface area contributed by atoms with E-state index in [0.29, 0.717) is 17.4 Å². The highest BCUT2D eigenvalue weighted by atomic mass is 16.2. The second-order valence-electron chi connectivity index (χ2n) is 3.67. The number of aryl methyl sites for hydroxylation is 1. The molecule has 0 atom stereocenters. The Balaban J connectivity index is 2.98. The lowest BCUT2D eigenvalue weighted by Gasteiger charge is -2.06. The summed E-state index contributed by atoms with van der Waals surface area (Å²) in [4.78, 5) is 26.4. The van der Waals surface area contributed by atoms with Crippen LogP contribution in [0.1, 0.15) is 19.4 Å². The molecule has 0 aliphatic heterocycles. The lowest BCUT2D eigenvalue weighted by molar-refractivity contribution is 0.683. The van der Waals surface area contributed by atoms with E-state index in [1.54, 1.807) is 13.0 Å². The zero-order chi connectivity index (χ0) is 11.7. The Labute approximate surface area is 92.5 Å². The lowest BCUT2D eigenvalue weighted by Crippen LogP contribution is -2.34. The summed E-state index contributed by atoms with van der Waals surface area (Å²) in [5, 5.41) is 0.584. The third-order valence-electron chi connectivity index (χ3n) is 2.80. The number of aromatic amines is 1. The Morgan fingerprint density at radius 3 is 2.62 bits per heavy atom. The minimum absolute atomic E-state index is 0.212. The molecule has 2 aromatic rings. The second-order valence-corrected chi connectivity index (χ2v) is 3.67. The SMILES string of the molecule is CCc1cccc2c(=O)n(CC)c(=O)[nH]c12. The molecule has 84 valence electrons. The van der Waals surface area contributed by atoms with E-state index in [4.69, 9.17) is 0 Å². The number of nitrogens with one attached hydrogen (secondary N) is 1. The molecular weight excluding hydrogens is 204 g/mol. The minimum Gasteiger partial charge on any atom is -0.306 e. The van der Waals surface area contributed by atoms with Gasteiger partial charge in [0.05, 0.1) is 10.9 Å². The van der Waals surface area contributed by atoms with E-state index in [1.807, 2.05) is 19.1 Å². The Morgan fingerprint density at radius 2 is 2.00 bits per heavy atom. The molecule has 0 unspecified atom stereocenters. The van der Waals surface area contributed by atoms with E-state index in [9.17, 15) is 9.59 Å². The van der Waals surface area contributed by atoms with Gasteiger partial charge in [-0.2, -0.15) is 0 Å². The molecular formula is C12H14N2O2. The van der Waals surface area contributed by atoms with Crippen LogP contribution in [0.2, 0.25) is 0 Å². The van der Waals surface area contributed by atoms with Gasteiger partial charge in [0.15, 0.2) is 0 Å². The Morgan fingerprint density at radius 1 is 1.25 bits per heavy atom. The van der Waals surface area contributed by atoms with Crippen molar-refractivity contribution in [2.24, 2.45) is 0 Å². The molecule has 4 nitrogen and oxygen atoms in total. The molecule has 0 aliphatic rings. The number of para-hydroxylation sites is 1. The van der Waals surface area contributed by atoms with Crippen LogP contribution in [0.25, 0.3) is 10.9 Å². The van der Waals surface area contributed by atoms with Crippen molar-refractivity contribution in [1.29, 1.82) is 0 Å². The summed E-state index contributed by atoms with van der Waals surface area (Å²) < 4.78 is 1.21. The second kappa shape index (κ2) is 3.96. The standard InChI is InChI=1S/C12H14N2O2/c1-3-8-6-5-7-9-10(8)13-12(16)14(4-2)11(9)15/h5-7H,3-4H2,1-2H3,(H,13,16). The van der Waals surface area contributed by atoms with Crippen LogP contribution in [0.15, 0.2) is 27.8 Å². The van der Waals surface area contributed by atoms with Gasteiger partial charge in [0.2, 0.25) is 0 Å². The average molecular weight is 218 g/mol. The summed E-state index contributed by atoms with van der Waals surface area (Å²) in [6, 6.07) is 5.52. The third kappa shape index (κ3) is 1.46. The van der Waals surface area contributed by atoms with Crippen molar-refractivity contribution >= 4 is 10.9 Å². The first-order valence-corrected chi connectivity index (χ1v) is 5.43. The Kier molecular flexibility index (Phi) is 2.64. The highest BCUT2D eigenvalue weighted by molar-refractivity contribution is 5.80. The van der Waals surface area contributed by atoms with Gasteiger partial charge >= 0.3 is 5.69 Å². The first-order valence-electron chi connectivity index (χ1n) is 5.43.